The number of aryl methyl sites for hydroxylation is 1. The monoisotopic (exact) mass is 303 g/mol. The third kappa shape index (κ3) is 4.16. The predicted octanol–water partition coefficient (Wildman–Crippen LogP) is 3.07. The van der Waals surface area contributed by atoms with Crippen molar-refractivity contribution >= 4 is 10.8 Å². The van der Waals surface area contributed by atoms with Gasteiger partial charge < -0.3 is 10.1 Å². The van der Waals surface area contributed by atoms with Crippen LogP contribution in [-0.4, -0.2) is 24.1 Å². The highest BCUT2D eigenvalue weighted by Gasteiger charge is 2.15. The molecule has 3 nitrogen and oxygen atoms in total. The molecule has 0 saturated carbocycles. The highest BCUT2D eigenvalue weighted by molar-refractivity contribution is 7.85. The molecule has 0 aromatic heterocycles. The van der Waals surface area contributed by atoms with Gasteiger partial charge in [-0.15, -0.1) is 0 Å². The van der Waals surface area contributed by atoms with E-state index in [1.165, 1.54) is 5.56 Å². The van der Waals surface area contributed by atoms with Gasteiger partial charge in [0.25, 0.3) is 0 Å². The molecule has 0 heterocycles. The summed E-state index contributed by atoms with van der Waals surface area (Å²) in [6, 6.07) is 15.7. The zero-order chi connectivity index (χ0) is 15.2. The van der Waals surface area contributed by atoms with Crippen molar-refractivity contribution in [1.82, 2.24) is 5.32 Å². The van der Waals surface area contributed by atoms with Crippen molar-refractivity contribution in [1.29, 1.82) is 0 Å². The van der Waals surface area contributed by atoms with E-state index in [1.54, 1.807) is 7.11 Å². The number of ether oxygens (including phenoxy) is 1. The molecule has 2 aromatic rings. The van der Waals surface area contributed by atoms with E-state index in [9.17, 15) is 4.21 Å². The average molecular weight is 303 g/mol. The summed E-state index contributed by atoms with van der Waals surface area (Å²) < 4.78 is 17.7. The molecule has 0 amide bonds. The van der Waals surface area contributed by atoms with Crippen molar-refractivity contribution < 1.29 is 8.95 Å². The van der Waals surface area contributed by atoms with Gasteiger partial charge in [0.15, 0.2) is 0 Å². The SMILES string of the molecule is CNC(CS(=O)c1ccc(C)cc1)c1cccc(OC)c1. The Hall–Kier alpha value is -1.65. The Morgan fingerprint density at radius 1 is 1.19 bits per heavy atom. The number of methoxy groups -OCH3 is 1. The van der Waals surface area contributed by atoms with Crippen LogP contribution in [0.15, 0.2) is 53.4 Å². The van der Waals surface area contributed by atoms with E-state index in [-0.39, 0.29) is 6.04 Å². The standard InChI is InChI=1S/C17H21NO2S/c1-13-7-9-16(10-8-13)21(19)12-17(18-2)14-5-4-6-15(11-14)20-3/h4-11,17-18H,12H2,1-3H3. The summed E-state index contributed by atoms with van der Waals surface area (Å²) in [6.45, 7) is 2.03. The Balaban J connectivity index is 2.14. The molecule has 0 aliphatic rings. The number of rotatable bonds is 6. The first-order valence-corrected chi connectivity index (χ1v) is 8.22. The summed E-state index contributed by atoms with van der Waals surface area (Å²) in [5.74, 6) is 1.35. The van der Waals surface area contributed by atoms with Crippen molar-refractivity contribution in [2.24, 2.45) is 0 Å². The molecule has 0 aliphatic carbocycles. The van der Waals surface area contributed by atoms with E-state index < -0.39 is 10.8 Å². The predicted molar refractivity (Wildman–Crippen MR) is 87.2 cm³/mol. The van der Waals surface area contributed by atoms with Crippen LogP contribution in [-0.2, 0) is 10.8 Å². The fourth-order valence-corrected chi connectivity index (χ4v) is 3.44. The molecule has 0 spiro atoms. The summed E-state index contributed by atoms with van der Waals surface area (Å²) in [5, 5.41) is 3.23. The Labute approximate surface area is 128 Å². The van der Waals surface area contributed by atoms with Crippen LogP contribution in [0.25, 0.3) is 0 Å². The fraction of sp³-hybridized carbons (Fsp3) is 0.294. The first-order chi connectivity index (χ1) is 10.1. The smallest absolute Gasteiger partial charge is 0.119 e. The number of nitrogens with one attached hydrogen (secondary N) is 1. The molecule has 0 radical (unpaired) electrons. The Morgan fingerprint density at radius 3 is 2.52 bits per heavy atom. The third-order valence-corrected chi connectivity index (χ3v) is 4.88. The number of benzene rings is 2. The maximum atomic E-state index is 12.5. The lowest BCUT2D eigenvalue weighted by Crippen LogP contribution is -2.22. The van der Waals surface area contributed by atoms with Gasteiger partial charge >= 0.3 is 0 Å². The minimum atomic E-state index is -1.03. The molecule has 0 fully saturated rings. The Bertz CT molecular complexity index is 610. The van der Waals surface area contributed by atoms with E-state index >= 15 is 0 Å². The molecule has 1 N–H and O–H groups in total. The van der Waals surface area contributed by atoms with Gasteiger partial charge in [-0.1, -0.05) is 29.8 Å². The van der Waals surface area contributed by atoms with E-state index in [1.807, 2.05) is 62.5 Å². The molecular weight excluding hydrogens is 282 g/mol. The molecule has 2 unspecified atom stereocenters. The van der Waals surface area contributed by atoms with Gasteiger partial charge in [0.2, 0.25) is 0 Å². The molecule has 4 heteroatoms. The van der Waals surface area contributed by atoms with Crippen LogP contribution in [0, 0.1) is 6.92 Å². The van der Waals surface area contributed by atoms with Crippen LogP contribution in [0.2, 0.25) is 0 Å². The number of hydrogen-bond donors (Lipinski definition) is 1. The van der Waals surface area contributed by atoms with E-state index in [2.05, 4.69) is 5.32 Å². The van der Waals surface area contributed by atoms with Crippen molar-refractivity contribution in [3.05, 3.63) is 59.7 Å². The summed E-state index contributed by atoms with van der Waals surface area (Å²) in [7, 11) is 2.50. The maximum absolute atomic E-state index is 12.5. The zero-order valence-electron chi connectivity index (χ0n) is 12.6. The highest BCUT2D eigenvalue weighted by Crippen LogP contribution is 2.21. The quantitative estimate of drug-likeness (QED) is 0.891. The average Bonchev–Trinajstić information content (AvgIpc) is 2.53. The molecule has 112 valence electrons. The van der Waals surface area contributed by atoms with Crippen LogP contribution in [0.5, 0.6) is 5.75 Å². The lowest BCUT2D eigenvalue weighted by molar-refractivity contribution is 0.413. The Kier molecular flexibility index (Phi) is 5.53. The lowest BCUT2D eigenvalue weighted by atomic mass is 10.1. The Morgan fingerprint density at radius 2 is 1.90 bits per heavy atom. The van der Waals surface area contributed by atoms with E-state index in [0.29, 0.717) is 5.75 Å². The van der Waals surface area contributed by atoms with Gasteiger partial charge in [-0.05, 0) is 43.8 Å². The molecule has 0 aliphatic heterocycles. The van der Waals surface area contributed by atoms with Crippen molar-refractivity contribution in [3.63, 3.8) is 0 Å². The summed E-state index contributed by atoms with van der Waals surface area (Å²) >= 11 is 0. The topological polar surface area (TPSA) is 38.3 Å². The van der Waals surface area contributed by atoms with Crippen molar-refractivity contribution in [2.75, 3.05) is 19.9 Å². The first-order valence-electron chi connectivity index (χ1n) is 6.90. The second-order valence-corrected chi connectivity index (χ2v) is 6.44. The highest BCUT2D eigenvalue weighted by atomic mass is 32.2. The van der Waals surface area contributed by atoms with Gasteiger partial charge in [-0.25, -0.2) is 0 Å². The third-order valence-electron chi connectivity index (χ3n) is 3.45. The first kappa shape index (κ1) is 15.7. The van der Waals surface area contributed by atoms with Crippen LogP contribution < -0.4 is 10.1 Å². The van der Waals surface area contributed by atoms with Crippen LogP contribution in [0.1, 0.15) is 17.2 Å². The number of hydrogen-bond acceptors (Lipinski definition) is 3. The van der Waals surface area contributed by atoms with Crippen LogP contribution in [0.3, 0.4) is 0 Å². The fourth-order valence-electron chi connectivity index (χ4n) is 2.14. The maximum Gasteiger partial charge on any atom is 0.119 e. The molecule has 0 saturated heterocycles. The minimum Gasteiger partial charge on any atom is -0.497 e. The summed E-state index contributed by atoms with van der Waals surface area (Å²) in [4.78, 5) is 0.865. The van der Waals surface area contributed by atoms with Gasteiger partial charge in [-0.2, -0.15) is 0 Å². The molecule has 0 bridgehead atoms. The van der Waals surface area contributed by atoms with Gasteiger partial charge in [-0.3, -0.25) is 4.21 Å². The second-order valence-electron chi connectivity index (χ2n) is 4.94. The van der Waals surface area contributed by atoms with Gasteiger partial charge in [0, 0.05) is 16.7 Å². The lowest BCUT2D eigenvalue weighted by Gasteiger charge is -2.17. The zero-order valence-corrected chi connectivity index (χ0v) is 13.4. The van der Waals surface area contributed by atoms with Gasteiger partial charge in [0.1, 0.15) is 5.75 Å². The summed E-state index contributed by atoms with van der Waals surface area (Å²) in [6.07, 6.45) is 0. The van der Waals surface area contributed by atoms with Crippen molar-refractivity contribution in [2.45, 2.75) is 17.9 Å². The normalized spacial score (nSPS) is 13.7. The summed E-state index contributed by atoms with van der Waals surface area (Å²) in [5.41, 5.74) is 2.26. The largest absolute Gasteiger partial charge is 0.497 e. The molecule has 21 heavy (non-hydrogen) atoms. The van der Waals surface area contributed by atoms with Crippen LogP contribution >= 0.6 is 0 Å². The molecule has 2 aromatic carbocycles. The molecule has 2 rings (SSSR count). The van der Waals surface area contributed by atoms with Gasteiger partial charge in [0.05, 0.1) is 17.9 Å². The minimum absolute atomic E-state index is 0.0298. The molecular formula is C17H21NO2S. The van der Waals surface area contributed by atoms with Crippen molar-refractivity contribution in [3.8, 4) is 5.75 Å². The van der Waals surface area contributed by atoms with E-state index in [0.717, 1.165) is 16.2 Å². The van der Waals surface area contributed by atoms with E-state index in [4.69, 9.17) is 4.74 Å². The second kappa shape index (κ2) is 7.38. The van der Waals surface area contributed by atoms with Crippen LogP contribution in [0.4, 0.5) is 0 Å². The molecule has 2 atom stereocenters.